The Morgan fingerprint density at radius 1 is 0.900 bits per heavy atom. The van der Waals surface area contributed by atoms with E-state index in [-0.39, 0.29) is 41.9 Å². The summed E-state index contributed by atoms with van der Waals surface area (Å²) in [4.78, 5) is 54.2. The molecule has 0 saturated carbocycles. The summed E-state index contributed by atoms with van der Waals surface area (Å²) in [5.41, 5.74) is 17.5. The molecular weight excluding hydrogens is 818 g/mol. The number of hydrogen-bond donors (Lipinski definition) is 5. The first kappa shape index (κ1) is 45.0. The topological polar surface area (TPSA) is 193 Å². The van der Waals surface area contributed by atoms with Crippen molar-refractivity contribution < 1.29 is 22.8 Å². The summed E-state index contributed by atoms with van der Waals surface area (Å²) in [6, 6.07) is 20.5. The van der Waals surface area contributed by atoms with Crippen LogP contribution in [0.4, 0.5) is 0 Å². The number of halogens is 1. The van der Waals surface area contributed by atoms with Crippen molar-refractivity contribution in [2.24, 2.45) is 17.4 Å². The molecule has 3 heterocycles. The largest absolute Gasteiger partial charge is 0.358 e. The Balaban J connectivity index is 1.47. The highest BCUT2D eigenvalue weighted by Crippen LogP contribution is 2.40. The van der Waals surface area contributed by atoms with Gasteiger partial charge in [0.25, 0.3) is 0 Å². The number of nitrogens with two attached hydrogens (primary N) is 2. The number of rotatable bonds is 11. The van der Waals surface area contributed by atoms with Gasteiger partial charge >= 0.3 is 0 Å². The van der Waals surface area contributed by atoms with Crippen LogP contribution >= 0.6 is 23.4 Å². The van der Waals surface area contributed by atoms with Crippen molar-refractivity contribution in [3.63, 3.8) is 0 Å². The van der Waals surface area contributed by atoms with Crippen LogP contribution in [0.25, 0.3) is 22.0 Å². The number of amides is 2. The Morgan fingerprint density at radius 3 is 2.38 bits per heavy atom. The molecule has 0 unspecified atom stereocenters. The zero-order valence-electron chi connectivity index (χ0n) is 34.3. The lowest BCUT2D eigenvalue weighted by Gasteiger charge is -2.31. The molecule has 60 heavy (non-hydrogen) atoms. The number of sulfone groups is 1. The molecule has 0 bridgehead atoms. The van der Waals surface area contributed by atoms with E-state index in [1.165, 1.54) is 16.7 Å². The number of aromatic nitrogens is 2. The van der Waals surface area contributed by atoms with Gasteiger partial charge in [-0.05, 0) is 110 Å². The molecule has 6 rings (SSSR count). The number of hydrogen-bond acceptors (Lipinski definition) is 10. The van der Waals surface area contributed by atoms with Gasteiger partial charge in [0.15, 0.2) is 15.6 Å². The monoisotopic (exact) mass is 871 g/mol. The molecule has 15 heteroatoms. The van der Waals surface area contributed by atoms with Gasteiger partial charge in [0, 0.05) is 72.8 Å². The number of nitrogens with zero attached hydrogens (tertiary/aromatic N) is 2. The van der Waals surface area contributed by atoms with Crippen LogP contribution in [0.3, 0.4) is 0 Å². The van der Waals surface area contributed by atoms with Gasteiger partial charge in [-0.2, -0.15) is 0 Å². The summed E-state index contributed by atoms with van der Waals surface area (Å²) >= 11 is 8.50. The normalized spacial score (nSPS) is 18.5. The van der Waals surface area contributed by atoms with E-state index in [1.54, 1.807) is 37.5 Å². The molecule has 0 aliphatic carbocycles. The molecular formula is C45H54ClN7O5S2. The van der Waals surface area contributed by atoms with Crippen molar-refractivity contribution in [2.75, 3.05) is 26.4 Å². The van der Waals surface area contributed by atoms with Gasteiger partial charge in [-0.15, -0.1) is 0 Å². The Hall–Kier alpha value is -4.57. The molecule has 5 aromatic rings. The zero-order chi connectivity index (χ0) is 43.0. The first-order valence-corrected chi connectivity index (χ1v) is 23.4. The average molecular weight is 873 g/mol. The number of ketones is 1. The van der Waals surface area contributed by atoms with Crippen LogP contribution in [0.1, 0.15) is 60.9 Å². The van der Waals surface area contributed by atoms with Gasteiger partial charge in [0.1, 0.15) is 11.1 Å². The van der Waals surface area contributed by atoms with Crippen LogP contribution in [0, 0.1) is 12.8 Å². The molecule has 0 fully saturated rings. The Labute approximate surface area is 361 Å². The molecule has 7 N–H and O–H groups in total. The van der Waals surface area contributed by atoms with Crippen molar-refractivity contribution in [2.45, 2.75) is 91.9 Å². The SMILES string of the molecule is Cc1[nH]c2ccccc2c1C[C@H]1C(=O)NCc2cc(-c3ccc(S(C)(=O)=O)cc3)cc(Cl)c2Sc2ncccc2CN[C@@H](CCCN)C(=O)C[C@@H](CCCCN)C(=O)N1C. The number of unbranched alkanes of at least 4 members (excludes halogenated alkanes) is 1. The average Bonchev–Trinajstić information content (AvgIpc) is 3.55. The number of carbonyl (C=O) groups excluding carboxylic acids is 3. The summed E-state index contributed by atoms with van der Waals surface area (Å²) in [6.45, 7) is 3.21. The molecule has 1 aliphatic heterocycles. The van der Waals surface area contributed by atoms with Crippen LogP contribution in [0.15, 0.2) is 93.8 Å². The van der Waals surface area contributed by atoms with E-state index in [0.717, 1.165) is 45.1 Å². The second kappa shape index (κ2) is 20.3. The van der Waals surface area contributed by atoms with Gasteiger partial charge in [-0.25, -0.2) is 13.4 Å². The standard InChI is InChI=1S/C45H54ClN7O5S2/c1-28-36(35-12-4-5-13-38(35)52-28)25-40-43(55)51-27-33-22-32(29-15-17-34(18-16-29)60(3,57)58)23-37(46)42(33)59-44-31(11-9-21-49-44)26-50-39(14-8-20-48)41(54)24-30(10-6-7-19-47)45(56)53(40)2/h4-5,9,11-13,15-18,21-23,30,39-40,50,52H,6-8,10,14,19-20,24-27,47-48H2,1-3H3,(H,51,55)/t30-,39+,40+/m1/s1. The molecule has 12 nitrogen and oxygen atoms in total. The number of likely N-dealkylation sites (N-methyl/N-ethyl adjacent to an activating group) is 1. The molecule has 3 aromatic carbocycles. The third-order valence-corrected chi connectivity index (χ3v) is 14.0. The predicted octanol–water partition coefficient (Wildman–Crippen LogP) is 6.35. The van der Waals surface area contributed by atoms with E-state index in [4.69, 9.17) is 28.1 Å². The predicted molar refractivity (Wildman–Crippen MR) is 238 cm³/mol. The molecule has 1 aliphatic rings. The number of benzene rings is 3. The van der Waals surface area contributed by atoms with Gasteiger partial charge < -0.3 is 32.0 Å². The Bertz CT molecular complexity index is 2440. The third-order valence-electron chi connectivity index (χ3n) is 11.2. The minimum Gasteiger partial charge on any atom is -0.358 e. The summed E-state index contributed by atoms with van der Waals surface area (Å²) < 4.78 is 24.5. The van der Waals surface area contributed by atoms with Gasteiger partial charge in [-0.3, -0.25) is 14.4 Å². The van der Waals surface area contributed by atoms with Crippen LogP contribution in [0.5, 0.6) is 0 Å². The number of aromatic amines is 1. The van der Waals surface area contributed by atoms with Crippen LogP contribution in [-0.2, 0) is 43.7 Å². The number of H-pyrrole nitrogens is 1. The minimum absolute atomic E-state index is 0.0000729. The summed E-state index contributed by atoms with van der Waals surface area (Å²) in [5, 5.41) is 8.67. The van der Waals surface area contributed by atoms with Gasteiger partial charge in [-0.1, -0.05) is 66.2 Å². The Morgan fingerprint density at radius 2 is 1.65 bits per heavy atom. The lowest BCUT2D eigenvalue weighted by Crippen LogP contribution is -2.51. The number of pyridine rings is 1. The second-order valence-electron chi connectivity index (χ2n) is 15.5. The third kappa shape index (κ3) is 10.8. The smallest absolute Gasteiger partial charge is 0.243 e. The highest BCUT2D eigenvalue weighted by molar-refractivity contribution is 7.99. The van der Waals surface area contributed by atoms with E-state index in [9.17, 15) is 22.8 Å². The summed E-state index contributed by atoms with van der Waals surface area (Å²) in [6.07, 6.45) is 5.98. The lowest BCUT2D eigenvalue weighted by atomic mass is 9.90. The highest BCUT2D eigenvalue weighted by Gasteiger charge is 2.35. The van der Waals surface area contributed by atoms with Crippen molar-refractivity contribution in [1.29, 1.82) is 0 Å². The molecule has 2 amide bonds. The van der Waals surface area contributed by atoms with Gasteiger partial charge in [0.05, 0.1) is 16.0 Å². The maximum Gasteiger partial charge on any atom is 0.243 e. The fourth-order valence-electron chi connectivity index (χ4n) is 7.81. The molecule has 3 atom stereocenters. The number of para-hydroxylation sites is 1. The van der Waals surface area contributed by atoms with Crippen LogP contribution in [-0.4, -0.2) is 79.4 Å². The minimum atomic E-state index is -3.41. The molecule has 0 radical (unpaired) electrons. The molecule has 0 spiro atoms. The quantitative estimate of drug-likeness (QED) is 0.0935. The molecule has 318 valence electrons. The first-order chi connectivity index (χ1) is 28.8. The van der Waals surface area contributed by atoms with E-state index >= 15 is 0 Å². The number of fused-ring (bicyclic) bond motifs is 3. The molecule has 2 aromatic heterocycles. The van der Waals surface area contributed by atoms with Crippen LogP contribution < -0.4 is 22.1 Å². The fourth-order valence-corrected chi connectivity index (χ4v) is 9.79. The van der Waals surface area contributed by atoms with E-state index < -0.39 is 27.8 Å². The number of aryl methyl sites for hydroxylation is 1. The van der Waals surface area contributed by atoms with Crippen molar-refractivity contribution in [3.8, 4) is 11.1 Å². The van der Waals surface area contributed by atoms with E-state index in [2.05, 4.69) is 15.6 Å². The molecule has 0 saturated heterocycles. The number of Topliss-reactive ketones (excluding diaryl/α,β-unsaturated/α-hetero) is 1. The zero-order valence-corrected chi connectivity index (χ0v) is 36.7. The van der Waals surface area contributed by atoms with Crippen molar-refractivity contribution in [1.82, 2.24) is 25.5 Å². The summed E-state index contributed by atoms with van der Waals surface area (Å²) in [7, 11) is -1.76. The maximum atomic E-state index is 14.7. The summed E-state index contributed by atoms with van der Waals surface area (Å²) in [5.74, 6) is -1.42. The van der Waals surface area contributed by atoms with E-state index in [1.807, 2.05) is 55.5 Å². The van der Waals surface area contributed by atoms with Crippen LogP contribution in [0.2, 0.25) is 5.02 Å². The lowest BCUT2D eigenvalue weighted by molar-refractivity contribution is -0.143. The van der Waals surface area contributed by atoms with Crippen molar-refractivity contribution in [3.05, 3.63) is 106 Å². The van der Waals surface area contributed by atoms with Crippen molar-refractivity contribution >= 4 is 61.7 Å². The first-order valence-electron chi connectivity index (χ1n) is 20.3. The number of carbonyl (C=O) groups is 3. The maximum absolute atomic E-state index is 14.7. The Kier molecular flexibility index (Phi) is 15.2. The highest BCUT2D eigenvalue weighted by atomic mass is 35.5. The van der Waals surface area contributed by atoms with E-state index in [0.29, 0.717) is 72.2 Å². The van der Waals surface area contributed by atoms with Gasteiger partial charge in [0.2, 0.25) is 11.8 Å². The second-order valence-corrected chi connectivity index (χ2v) is 18.9. The fraction of sp³-hybridized carbons (Fsp3) is 0.378. The number of nitrogens with one attached hydrogen (secondary N) is 3.